The Balaban J connectivity index is 1.49. The Morgan fingerprint density at radius 1 is 0.634 bits per heavy atom. The highest BCUT2D eigenvalue weighted by molar-refractivity contribution is 6.22. The van der Waals surface area contributed by atoms with E-state index in [2.05, 4.69) is 105 Å². The zero-order valence-electron chi connectivity index (χ0n) is 23.6. The Morgan fingerprint density at radius 3 is 1.90 bits per heavy atom. The molecule has 0 spiro atoms. The van der Waals surface area contributed by atoms with Gasteiger partial charge in [0, 0.05) is 31.3 Å². The predicted molar refractivity (Wildman–Crippen MR) is 169 cm³/mol. The van der Waals surface area contributed by atoms with E-state index in [0.717, 1.165) is 33.1 Å². The Kier molecular flexibility index (Phi) is 4.82. The van der Waals surface area contributed by atoms with Gasteiger partial charge in [-0.2, -0.15) is 0 Å². The summed E-state index contributed by atoms with van der Waals surface area (Å²) in [6.45, 7) is 4.64. The maximum Gasteiger partial charge on any atom is 0.328 e. The van der Waals surface area contributed by atoms with Gasteiger partial charge in [0.05, 0.1) is 16.7 Å². The van der Waals surface area contributed by atoms with E-state index in [0.29, 0.717) is 0 Å². The molecular formula is C37H29N3O. The third-order valence-corrected chi connectivity index (χ3v) is 9.21. The zero-order valence-corrected chi connectivity index (χ0v) is 23.6. The van der Waals surface area contributed by atoms with Crippen LogP contribution < -0.4 is 5.69 Å². The van der Waals surface area contributed by atoms with Gasteiger partial charge in [-0.1, -0.05) is 98.8 Å². The number of aryl methyl sites for hydroxylation is 2. The van der Waals surface area contributed by atoms with E-state index in [1.165, 1.54) is 44.2 Å². The van der Waals surface area contributed by atoms with Crippen LogP contribution in [0.15, 0.2) is 108 Å². The summed E-state index contributed by atoms with van der Waals surface area (Å²) < 4.78 is 3.41. The van der Waals surface area contributed by atoms with Gasteiger partial charge < -0.3 is 0 Å². The normalized spacial score (nSPS) is 13.7. The number of rotatable bonds is 2. The molecule has 8 rings (SSSR count). The Bertz CT molecular complexity index is 2230. The van der Waals surface area contributed by atoms with E-state index < -0.39 is 0 Å². The van der Waals surface area contributed by atoms with Crippen LogP contribution in [0.3, 0.4) is 0 Å². The number of imidazole rings is 1. The van der Waals surface area contributed by atoms with E-state index in [4.69, 9.17) is 4.98 Å². The molecule has 0 unspecified atom stereocenters. The second-order valence-electron chi connectivity index (χ2n) is 11.7. The highest BCUT2D eigenvalue weighted by Gasteiger charge is 2.35. The molecule has 0 N–H and O–H groups in total. The van der Waals surface area contributed by atoms with E-state index in [1.807, 2.05) is 26.4 Å². The van der Waals surface area contributed by atoms with Crippen molar-refractivity contribution in [1.82, 2.24) is 14.1 Å². The summed E-state index contributed by atoms with van der Waals surface area (Å²) >= 11 is 0. The van der Waals surface area contributed by atoms with Gasteiger partial charge in [-0.25, -0.2) is 4.79 Å². The van der Waals surface area contributed by atoms with E-state index in [9.17, 15) is 4.79 Å². The number of nitrogens with zero attached hydrogens (tertiary/aromatic N) is 3. The number of hydrogen-bond acceptors (Lipinski definition) is 2. The first-order valence-electron chi connectivity index (χ1n) is 14.1. The minimum absolute atomic E-state index is 0.0333. The summed E-state index contributed by atoms with van der Waals surface area (Å²) in [6.07, 6.45) is 1.81. The van der Waals surface area contributed by atoms with Gasteiger partial charge in [0.1, 0.15) is 0 Å². The molecule has 2 heterocycles. The zero-order chi connectivity index (χ0) is 28.0. The van der Waals surface area contributed by atoms with E-state index in [-0.39, 0.29) is 11.1 Å². The average Bonchev–Trinajstić information content (AvgIpc) is 3.37. The van der Waals surface area contributed by atoms with Crippen LogP contribution in [0.2, 0.25) is 0 Å². The molecule has 198 valence electrons. The monoisotopic (exact) mass is 531 g/mol. The number of aromatic nitrogens is 3. The van der Waals surface area contributed by atoms with Gasteiger partial charge in [-0.05, 0) is 67.1 Å². The van der Waals surface area contributed by atoms with Gasteiger partial charge >= 0.3 is 5.69 Å². The van der Waals surface area contributed by atoms with Crippen LogP contribution in [0.25, 0.3) is 66.1 Å². The molecule has 4 heteroatoms. The SMILES string of the molecule is Cn1c(=O)n(C)c2c(-c3c4ccccc4c(-c4ccc5c(c4)-c4ccccc4C5(C)C)c4ccccc34)nccc21. The minimum Gasteiger partial charge on any atom is -0.295 e. The molecule has 1 aliphatic carbocycles. The first-order chi connectivity index (χ1) is 19.9. The topological polar surface area (TPSA) is 39.8 Å². The molecule has 1 aliphatic rings. The van der Waals surface area contributed by atoms with Gasteiger partial charge in [0.2, 0.25) is 0 Å². The maximum atomic E-state index is 13.0. The largest absolute Gasteiger partial charge is 0.328 e. The molecule has 4 nitrogen and oxygen atoms in total. The highest BCUT2D eigenvalue weighted by Crippen LogP contribution is 2.51. The minimum atomic E-state index is -0.0548. The fraction of sp³-hybridized carbons (Fsp3) is 0.135. The molecule has 7 aromatic rings. The molecule has 0 fully saturated rings. The fourth-order valence-electron chi connectivity index (χ4n) is 7.22. The third-order valence-electron chi connectivity index (χ3n) is 9.21. The number of benzene rings is 5. The fourth-order valence-corrected chi connectivity index (χ4v) is 7.22. The second-order valence-corrected chi connectivity index (χ2v) is 11.7. The molecule has 0 atom stereocenters. The molecule has 5 aromatic carbocycles. The van der Waals surface area contributed by atoms with Crippen molar-refractivity contribution < 1.29 is 0 Å². The molecule has 0 saturated carbocycles. The maximum absolute atomic E-state index is 13.0. The van der Waals surface area contributed by atoms with Crippen molar-refractivity contribution >= 4 is 32.6 Å². The quantitative estimate of drug-likeness (QED) is 0.211. The lowest BCUT2D eigenvalue weighted by Gasteiger charge is -2.22. The summed E-state index contributed by atoms with van der Waals surface area (Å²) in [5.41, 5.74) is 11.3. The molecule has 2 aromatic heterocycles. The molecule has 0 radical (unpaired) electrons. The van der Waals surface area contributed by atoms with Crippen molar-refractivity contribution in [3.05, 3.63) is 125 Å². The Labute approximate surface area is 238 Å². The van der Waals surface area contributed by atoms with E-state index >= 15 is 0 Å². The first kappa shape index (κ1) is 23.9. The van der Waals surface area contributed by atoms with Crippen molar-refractivity contribution in [2.45, 2.75) is 19.3 Å². The molecule has 0 aliphatic heterocycles. The third kappa shape index (κ3) is 3.10. The van der Waals surface area contributed by atoms with Crippen LogP contribution in [-0.4, -0.2) is 14.1 Å². The van der Waals surface area contributed by atoms with Gasteiger partial charge in [0.15, 0.2) is 0 Å². The Morgan fingerprint density at radius 2 is 1.22 bits per heavy atom. The lowest BCUT2D eigenvalue weighted by molar-refractivity contribution is 0.660. The van der Waals surface area contributed by atoms with Crippen LogP contribution in [0, 0.1) is 0 Å². The second kappa shape index (κ2) is 8.28. The summed E-state index contributed by atoms with van der Waals surface area (Å²) in [5, 5.41) is 4.59. The van der Waals surface area contributed by atoms with Crippen molar-refractivity contribution in [2.24, 2.45) is 14.1 Å². The number of fused-ring (bicyclic) bond motifs is 6. The summed E-state index contributed by atoms with van der Waals surface area (Å²) in [6, 6.07) is 34.9. The summed E-state index contributed by atoms with van der Waals surface area (Å²) in [5.74, 6) is 0. The highest BCUT2D eigenvalue weighted by atomic mass is 16.1. The van der Waals surface area contributed by atoms with Gasteiger partial charge in [0.25, 0.3) is 0 Å². The lowest BCUT2D eigenvalue weighted by atomic mass is 9.81. The number of hydrogen-bond donors (Lipinski definition) is 0. The van der Waals surface area contributed by atoms with Crippen LogP contribution >= 0.6 is 0 Å². The molecule has 0 amide bonds. The van der Waals surface area contributed by atoms with Crippen molar-refractivity contribution in [3.8, 4) is 33.5 Å². The van der Waals surface area contributed by atoms with Crippen molar-refractivity contribution in [2.75, 3.05) is 0 Å². The van der Waals surface area contributed by atoms with Crippen molar-refractivity contribution in [3.63, 3.8) is 0 Å². The smallest absolute Gasteiger partial charge is 0.295 e. The number of pyridine rings is 1. The Hall–Kier alpha value is -4.96. The van der Waals surface area contributed by atoms with Crippen molar-refractivity contribution in [1.29, 1.82) is 0 Å². The molecule has 0 saturated heterocycles. The summed E-state index contributed by atoms with van der Waals surface area (Å²) in [4.78, 5) is 17.9. The van der Waals surface area contributed by atoms with Crippen LogP contribution in [-0.2, 0) is 19.5 Å². The predicted octanol–water partition coefficient (Wildman–Crippen LogP) is 8.22. The molecule has 41 heavy (non-hydrogen) atoms. The molecular weight excluding hydrogens is 502 g/mol. The van der Waals surface area contributed by atoms with Gasteiger partial charge in [-0.15, -0.1) is 0 Å². The molecule has 0 bridgehead atoms. The summed E-state index contributed by atoms with van der Waals surface area (Å²) in [7, 11) is 3.65. The van der Waals surface area contributed by atoms with E-state index in [1.54, 1.807) is 9.13 Å². The van der Waals surface area contributed by atoms with Crippen LogP contribution in [0.5, 0.6) is 0 Å². The van der Waals surface area contributed by atoms with Crippen LogP contribution in [0.1, 0.15) is 25.0 Å². The first-order valence-corrected chi connectivity index (χ1v) is 14.1. The average molecular weight is 532 g/mol. The standard InChI is InChI=1S/C37H29N3O/c1-37(2)29-16-10-9-11-23(29)28-21-22(17-18-30(28)37)32-24-12-5-7-14-26(24)33(27-15-8-6-13-25(27)32)34-35-31(19-20-38-34)39(3)36(41)40(35)4/h5-21H,1-4H3. The lowest BCUT2D eigenvalue weighted by Crippen LogP contribution is -2.19. The van der Waals surface area contributed by atoms with Gasteiger partial charge in [-0.3, -0.25) is 14.1 Å². The van der Waals surface area contributed by atoms with Crippen LogP contribution in [0.4, 0.5) is 0 Å².